The first-order chi connectivity index (χ1) is 10.7. The van der Waals surface area contributed by atoms with Crippen molar-refractivity contribution in [1.82, 2.24) is 25.4 Å². The molecule has 0 atom stereocenters. The molecule has 22 heavy (non-hydrogen) atoms. The van der Waals surface area contributed by atoms with Crippen molar-refractivity contribution in [2.45, 2.75) is 13.5 Å². The third-order valence-corrected chi connectivity index (χ3v) is 3.14. The van der Waals surface area contributed by atoms with Gasteiger partial charge >= 0.3 is 0 Å². The standard InChI is InChI=1S/C15H14N6O/c1-11(12-5-4-8-16-9-12)17-19-15(22)10-21-14-7-3-2-6-13(14)18-20-21/h2-9H,10H2,1H3,(H,19,22)/b17-11-. The number of carbonyl (C=O) groups is 1. The van der Waals surface area contributed by atoms with Crippen LogP contribution in [0, 0.1) is 0 Å². The van der Waals surface area contributed by atoms with Gasteiger partial charge in [-0.15, -0.1) is 5.10 Å². The Bertz CT molecular complexity index is 824. The van der Waals surface area contributed by atoms with Crippen LogP contribution in [0.5, 0.6) is 0 Å². The average molecular weight is 294 g/mol. The zero-order valence-electron chi connectivity index (χ0n) is 12.0. The minimum atomic E-state index is -0.265. The minimum Gasteiger partial charge on any atom is -0.271 e. The van der Waals surface area contributed by atoms with Crippen molar-refractivity contribution in [2.24, 2.45) is 5.10 Å². The lowest BCUT2D eigenvalue weighted by molar-refractivity contribution is -0.121. The van der Waals surface area contributed by atoms with Crippen LogP contribution in [0.2, 0.25) is 0 Å². The zero-order chi connectivity index (χ0) is 15.4. The Balaban J connectivity index is 1.68. The highest BCUT2D eigenvalue weighted by molar-refractivity contribution is 5.98. The van der Waals surface area contributed by atoms with Gasteiger partial charge in [0, 0.05) is 18.0 Å². The first kappa shape index (κ1) is 13.9. The van der Waals surface area contributed by atoms with E-state index in [0.29, 0.717) is 5.71 Å². The second kappa shape index (κ2) is 6.13. The molecular formula is C15H14N6O. The molecule has 2 aromatic heterocycles. The Kier molecular flexibility index (Phi) is 3.86. The van der Waals surface area contributed by atoms with Crippen molar-refractivity contribution >= 4 is 22.7 Å². The summed E-state index contributed by atoms with van der Waals surface area (Å²) in [5, 5.41) is 12.0. The van der Waals surface area contributed by atoms with E-state index in [2.05, 4.69) is 25.8 Å². The molecule has 2 heterocycles. The molecule has 0 spiro atoms. The number of pyridine rings is 1. The normalized spacial score (nSPS) is 11.6. The molecule has 1 amide bonds. The Labute approximate surface area is 126 Å². The van der Waals surface area contributed by atoms with Crippen LogP contribution in [0.25, 0.3) is 11.0 Å². The molecule has 0 fully saturated rings. The monoisotopic (exact) mass is 294 g/mol. The molecule has 7 heteroatoms. The highest BCUT2D eigenvalue weighted by Crippen LogP contribution is 2.09. The molecule has 0 aliphatic rings. The third-order valence-electron chi connectivity index (χ3n) is 3.14. The van der Waals surface area contributed by atoms with E-state index in [9.17, 15) is 4.79 Å². The summed E-state index contributed by atoms with van der Waals surface area (Å²) in [6.07, 6.45) is 3.38. The second-order valence-corrected chi connectivity index (χ2v) is 4.71. The van der Waals surface area contributed by atoms with Crippen LogP contribution in [0.1, 0.15) is 12.5 Å². The summed E-state index contributed by atoms with van der Waals surface area (Å²) in [6.45, 7) is 1.87. The number of fused-ring (bicyclic) bond motifs is 1. The predicted molar refractivity (Wildman–Crippen MR) is 82.1 cm³/mol. The summed E-state index contributed by atoms with van der Waals surface area (Å²) < 4.78 is 1.54. The van der Waals surface area contributed by atoms with E-state index in [4.69, 9.17) is 0 Å². The fourth-order valence-electron chi connectivity index (χ4n) is 1.99. The lowest BCUT2D eigenvalue weighted by Gasteiger charge is -2.03. The topological polar surface area (TPSA) is 85.1 Å². The molecule has 0 unspecified atom stereocenters. The van der Waals surface area contributed by atoms with E-state index in [0.717, 1.165) is 16.6 Å². The highest BCUT2D eigenvalue weighted by Gasteiger charge is 2.08. The van der Waals surface area contributed by atoms with Gasteiger partial charge < -0.3 is 0 Å². The fourth-order valence-corrected chi connectivity index (χ4v) is 1.99. The predicted octanol–water partition coefficient (Wildman–Crippen LogP) is 1.37. The molecule has 1 aromatic carbocycles. The molecule has 3 aromatic rings. The maximum Gasteiger partial charge on any atom is 0.261 e. The summed E-state index contributed by atoms with van der Waals surface area (Å²) in [4.78, 5) is 16.0. The van der Waals surface area contributed by atoms with Gasteiger partial charge in [-0.25, -0.2) is 10.1 Å². The number of hydrazone groups is 1. The number of aromatic nitrogens is 4. The second-order valence-electron chi connectivity index (χ2n) is 4.71. The summed E-state index contributed by atoms with van der Waals surface area (Å²) in [5.74, 6) is -0.265. The first-order valence-electron chi connectivity index (χ1n) is 6.76. The lowest BCUT2D eigenvalue weighted by atomic mass is 10.2. The van der Waals surface area contributed by atoms with Crippen LogP contribution in [-0.4, -0.2) is 31.6 Å². The number of rotatable bonds is 4. The SMILES string of the molecule is C/C(=N/NC(=O)Cn1nnc2ccccc21)c1cccnc1. The van der Waals surface area contributed by atoms with E-state index in [1.54, 1.807) is 17.1 Å². The van der Waals surface area contributed by atoms with Crippen LogP contribution in [0.15, 0.2) is 53.9 Å². The largest absolute Gasteiger partial charge is 0.271 e. The molecular weight excluding hydrogens is 280 g/mol. The molecule has 0 saturated heterocycles. The minimum absolute atomic E-state index is 0.0599. The first-order valence-corrected chi connectivity index (χ1v) is 6.76. The number of para-hydroxylation sites is 1. The average Bonchev–Trinajstić information content (AvgIpc) is 2.97. The van der Waals surface area contributed by atoms with Crippen molar-refractivity contribution in [3.05, 3.63) is 54.4 Å². The van der Waals surface area contributed by atoms with Crippen LogP contribution in [0.4, 0.5) is 0 Å². The molecule has 0 aliphatic carbocycles. The van der Waals surface area contributed by atoms with Gasteiger partial charge in [-0.05, 0) is 25.1 Å². The van der Waals surface area contributed by atoms with Gasteiger partial charge in [0.05, 0.1) is 11.2 Å². The molecule has 110 valence electrons. The van der Waals surface area contributed by atoms with Gasteiger partial charge in [-0.3, -0.25) is 9.78 Å². The maximum absolute atomic E-state index is 12.0. The summed E-state index contributed by atoms with van der Waals surface area (Å²) in [7, 11) is 0. The molecule has 0 aliphatic heterocycles. The Hall–Kier alpha value is -3.09. The van der Waals surface area contributed by atoms with Crippen molar-refractivity contribution in [3.63, 3.8) is 0 Å². The van der Waals surface area contributed by atoms with Crippen LogP contribution >= 0.6 is 0 Å². The van der Waals surface area contributed by atoms with E-state index in [1.165, 1.54) is 0 Å². The molecule has 0 radical (unpaired) electrons. The maximum atomic E-state index is 12.0. The number of nitrogens with zero attached hydrogens (tertiary/aromatic N) is 5. The highest BCUT2D eigenvalue weighted by atomic mass is 16.2. The molecule has 1 N–H and O–H groups in total. The van der Waals surface area contributed by atoms with E-state index in [-0.39, 0.29) is 12.5 Å². The van der Waals surface area contributed by atoms with Crippen molar-refractivity contribution in [2.75, 3.05) is 0 Å². The molecule has 7 nitrogen and oxygen atoms in total. The third kappa shape index (κ3) is 2.98. The van der Waals surface area contributed by atoms with Crippen LogP contribution in [0.3, 0.4) is 0 Å². The van der Waals surface area contributed by atoms with Gasteiger partial charge in [0.2, 0.25) is 0 Å². The fraction of sp³-hybridized carbons (Fsp3) is 0.133. The van der Waals surface area contributed by atoms with Gasteiger partial charge in [0.25, 0.3) is 5.91 Å². The van der Waals surface area contributed by atoms with Gasteiger partial charge in [-0.2, -0.15) is 5.10 Å². The number of benzene rings is 1. The Morgan fingerprint density at radius 2 is 2.14 bits per heavy atom. The van der Waals surface area contributed by atoms with E-state index >= 15 is 0 Å². The number of hydrogen-bond acceptors (Lipinski definition) is 5. The van der Waals surface area contributed by atoms with Crippen LogP contribution in [-0.2, 0) is 11.3 Å². The van der Waals surface area contributed by atoms with Gasteiger partial charge in [0.15, 0.2) is 0 Å². The van der Waals surface area contributed by atoms with Crippen molar-refractivity contribution < 1.29 is 4.79 Å². The summed E-state index contributed by atoms with van der Waals surface area (Å²) >= 11 is 0. The van der Waals surface area contributed by atoms with E-state index < -0.39 is 0 Å². The van der Waals surface area contributed by atoms with Gasteiger partial charge in [-0.1, -0.05) is 23.4 Å². The Morgan fingerprint density at radius 3 is 2.95 bits per heavy atom. The number of hydrogen-bond donors (Lipinski definition) is 1. The number of amides is 1. The van der Waals surface area contributed by atoms with Crippen molar-refractivity contribution in [1.29, 1.82) is 0 Å². The Morgan fingerprint density at radius 1 is 1.27 bits per heavy atom. The molecule has 0 bridgehead atoms. The molecule has 0 saturated carbocycles. The smallest absolute Gasteiger partial charge is 0.261 e. The quantitative estimate of drug-likeness (QED) is 0.581. The van der Waals surface area contributed by atoms with E-state index in [1.807, 2.05) is 43.3 Å². The molecule has 3 rings (SSSR count). The number of carbonyl (C=O) groups excluding carboxylic acids is 1. The number of nitrogens with one attached hydrogen (secondary N) is 1. The summed E-state index contributed by atoms with van der Waals surface area (Å²) in [5.41, 5.74) is 5.62. The zero-order valence-corrected chi connectivity index (χ0v) is 12.0. The van der Waals surface area contributed by atoms with Crippen molar-refractivity contribution in [3.8, 4) is 0 Å². The van der Waals surface area contributed by atoms with Crippen LogP contribution < -0.4 is 5.43 Å². The van der Waals surface area contributed by atoms with Gasteiger partial charge in [0.1, 0.15) is 12.1 Å². The summed E-state index contributed by atoms with van der Waals surface area (Å²) in [6, 6.07) is 11.2. The lowest BCUT2D eigenvalue weighted by Crippen LogP contribution is -2.24.